The van der Waals surface area contributed by atoms with E-state index in [0.717, 1.165) is 22.7 Å². The van der Waals surface area contributed by atoms with Gasteiger partial charge in [0.1, 0.15) is 5.75 Å². The van der Waals surface area contributed by atoms with Crippen LogP contribution < -0.4 is 10.1 Å². The van der Waals surface area contributed by atoms with Crippen LogP contribution in [0.4, 0.5) is 5.69 Å². The van der Waals surface area contributed by atoms with Crippen LogP contribution in [-0.2, 0) is 4.79 Å². The van der Waals surface area contributed by atoms with Crippen molar-refractivity contribution in [3.05, 3.63) is 78.9 Å². The van der Waals surface area contributed by atoms with Gasteiger partial charge in [0.25, 0.3) is 11.1 Å². The van der Waals surface area contributed by atoms with Gasteiger partial charge in [-0.2, -0.15) is 5.10 Å². The van der Waals surface area contributed by atoms with Gasteiger partial charge in [-0.1, -0.05) is 60.3 Å². The quantitative estimate of drug-likeness (QED) is 0.336. The molecule has 2 aromatic heterocycles. The van der Waals surface area contributed by atoms with E-state index >= 15 is 0 Å². The third-order valence-electron chi connectivity index (χ3n) is 4.54. The monoisotopic (exact) mass is 443 g/mol. The largest absolute Gasteiger partial charge is 0.455 e. The number of nitrogens with zero attached hydrogens (tertiary/aromatic N) is 3. The SMILES string of the molecule is O=C(CSc1nnc(-c2n[nH]c3ccccc23)o1)Nc1ccccc1Oc1ccccc1. The zero-order chi connectivity index (χ0) is 21.8. The predicted molar refractivity (Wildman–Crippen MR) is 122 cm³/mol. The number of carbonyl (C=O) groups excluding carboxylic acids is 1. The molecule has 32 heavy (non-hydrogen) atoms. The zero-order valence-electron chi connectivity index (χ0n) is 16.7. The number of carbonyl (C=O) groups is 1. The van der Waals surface area contributed by atoms with Crippen molar-refractivity contribution in [2.45, 2.75) is 5.22 Å². The Hall–Kier alpha value is -4.11. The number of para-hydroxylation sites is 4. The summed E-state index contributed by atoms with van der Waals surface area (Å²) >= 11 is 1.15. The van der Waals surface area contributed by atoms with Gasteiger partial charge in [0, 0.05) is 5.39 Å². The molecule has 1 amide bonds. The third-order valence-corrected chi connectivity index (χ3v) is 5.36. The maximum Gasteiger partial charge on any atom is 0.277 e. The van der Waals surface area contributed by atoms with Crippen LogP contribution in [0.1, 0.15) is 0 Å². The van der Waals surface area contributed by atoms with Crippen LogP contribution in [0.15, 0.2) is 88.5 Å². The fraction of sp³-hybridized carbons (Fsp3) is 0.0435. The van der Waals surface area contributed by atoms with E-state index in [0.29, 0.717) is 28.8 Å². The van der Waals surface area contributed by atoms with Gasteiger partial charge in [-0.05, 0) is 30.3 Å². The number of thioether (sulfide) groups is 1. The van der Waals surface area contributed by atoms with Crippen LogP contribution in [0.3, 0.4) is 0 Å². The van der Waals surface area contributed by atoms with E-state index in [2.05, 4.69) is 25.7 Å². The van der Waals surface area contributed by atoms with Crippen LogP contribution >= 0.6 is 11.8 Å². The van der Waals surface area contributed by atoms with Crippen LogP contribution in [0.2, 0.25) is 0 Å². The molecule has 0 unspecified atom stereocenters. The summed E-state index contributed by atoms with van der Waals surface area (Å²) in [5.74, 6) is 1.43. The summed E-state index contributed by atoms with van der Waals surface area (Å²) in [5.41, 5.74) is 2.04. The molecule has 0 saturated heterocycles. The molecule has 0 fully saturated rings. The molecule has 2 heterocycles. The van der Waals surface area contributed by atoms with Crippen molar-refractivity contribution in [2.75, 3.05) is 11.1 Å². The lowest BCUT2D eigenvalue weighted by molar-refractivity contribution is -0.113. The number of hydrogen-bond acceptors (Lipinski definition) is 7. The van der Waals surface area contributed by atoms with Gasteiger partial charge in [0.05, 0.1) is 17.0 Å². The standard InChI is InChI=1S/C23H17N5O3S/c29-20(24-18-12-6-7-13-19(18)30-15-8-2-1-3-9-15)14-32-23-28-27-22(31-23)21-16-10-4-5-11-17(16)25-26-21/h1-13H,14H2,(H,24,29)(H,25,26). The molecular weight excluding hydrogens is 426 g/mol. The minimum absolute atomic E-state index is 0.0998. The Bertz CT molecular complexity index is 1370. The van der Waals surface area contributed by atoms with Crippen LogP contribution in [0.25, 0.3) is 22.5 Å². The number of anilines is 1. The number of H-pyrrole nitrogens is 1. The highest BCUT2D eigenvalue weighted by atomic mass is 32.2. The molecule has 5 rings (SSSR count). The normalized spacial score (nSPS) is 10.9. The number of aromatic nitrogens is 4. The lowest BCUT2D eigenvalue weighted by Crippen LogP contribution is -2.14. The van der Waals surface area contributed by atoms with Crippen LogP contribution in [-0.4, -0.2) is 32.1 Å². The van der Waals surface area contributed by atoms with E-state index < -0.39 is 0 Å². The number of fused-ring (bicyclic) bond motifs is 1. The van der Waals surface area contributed by atoms with Crippen LogP contribution in [0, 0.1) is 0 Å². The van der Waals surface area contributed by atoms with Gasteiger partial charge in [0.2, 0.25) is 5.91 Å². The fourth-order valence-corrected chi connectivity index (χ4v) is 3.64. The predicted octanol–water partition coefficient (Wildman–Crippen LogP) is 5.14. The van der Waals surface area contributed by atoms with Crippen molar-refractivity contribution >= 4 is 34.3 Å². The van der Waals surface area contributed by atoms with Gasteiger partial charge >= 0.3 is 0 Å². The Labute approximate surface area is 187 Å². The summed E-state index contributed by atoms with van der Waals surface area (Å²) in [6.45, 7) is 0. The first-order valence-electron chi connectivity index (χ1n) is 9.78. The second kappa shape index (κ2) is 8.94. The van der Waals surface area contributed by atoms with Crippen molar-refractivity contribution < 1.29 is 13.9 Å². The highest BCUT2D eigenvalue weighted by Crippen LogP contribution is 2.30. The Morgan fingerprint density at radius 1 is 0.969 bits per heavy atom. The van der Waals surface area contributed by atoms with Crippen molar-refractivity contribution in [2.24, 2.45) is 0 Å². The Morgan fingerprint density at radius 2 is 1.75 bits per heavy atom. The maximum atomic E-state index is 12.5. The maximum absolute atomic E-state index is 12.5. The van der Waals surface area contributed by atoms with Gasteiger partial charge in [-0.15, -0.1) is 10.2 Å². The summed E-state index contributed by atoms with van der Waals surface area (Å²) in [6.07, 6.45) is 0. The second-order valence-electron chi connectivity index (χ2n) is 6.74. The minimum atomic E-state index is -0.218. The summed E-state index contributed by atoms with van der Waals surface area (Å²) < 4.78 is 11.6. The van der Waals surface area contributed by atoms with Gasteiger partial charge < -0.3 is 14.5 Å². The molecule has 0 bridgehead atoms. The summed E-state index contributed by atoms with van der Waals surface area (Å²) in [6, 6.07) is 24.3. The molecule has 158 valence electrons. The van der Waals surface area contributed by atoms with Crippen molar-refractivity contribution in [1.82, 2.24) is 20.4 Å². The number of rotatable bonds is 7. The molecule has 0 radical (unpaired) electrons. The summed E-state index contributed by atoms with van der Waals surface area (Å²) in [7, 11) is 0. The molecule has 5 aromatic rings. The van der Waals surface area contributed by atoms with Crippen molar-refractivity contribution in [3.63, 3.8) is 0 Å². The van der Waals surface area contributed by atoms with Gasteiger partial charge in [0.15, 0.2) is 11.4 Å². The van der Waals surface area contributed by atoms with Crippen LogP contribution in [0.5, 0.6) is 11.5 Å². The number of benzene rings is 3. The Kier molecular flexibility index (Phi) is 5.54. The van der Waals surface area contributed by atoms with E-state index in [1.165, 1.54) is 0 Å². The highest BCUT2D eigenvalue weighted by Gasteiger charge is 2.16. The molecule has 8 nitrogen and oxygen atoms in total. The first kappa shape index (κ1) is 19.8. The summed E-state index contributed by atoms with van der Waals surface area (Å²) in [5, 5.41) is 19.3. The minimum Gasteiger partial charge on any atom is -0.455 e. The zero-order valence-corrected chi connectivity index (χ0v) is 17.5. The van der Waals surface area contributed by atoms with Crippen molar-refractivity contribution in [1.29, 1.82) is 0 Å². The molecule has 9 heteroatoms. The number of hydrogen-bond donors (Lipinski definition) is 2. The highest BCUT2D eigenvalue weighted by molar-refractivity contribution is 7.99. The molecule has 0 spiro atoms. The number of ether oxygens (including phenoxy) is 1. The molecule has 0 aliphatic heterocycles. The molecule has 0 aliphatic rings. The molecule has 3 aromatic carbocycles. The first-order chi connectivity index (χ1) is 15.8. The number of nitrogens with one attached hydrogen (secondary N) is 2. The molecule has 0 aliphatic carbocycles. The van der Waals surface area contributed by atoms with Gasteiger partial charge in [-0.3, -0.25) is 9.89 Å². The second-order valence-corrected chi connectivity index (χ2v) is 7.67. The lowest BCUT2D eigenvalue weighted by atomic mass is 10.2. The van der Waals surface area contributed by atoms with E-state index in [1.54, 1.807) is 12.1 Å². The van der Waals surface area contributed by atoms with E-state index in [1.807, 2.05) is 66.7 Å². The molecule has 2 N–H and O–H groups in total. The van der Waals surface area contributed by atoms with Crippen molar-refractivity contribution in [3.8, 4) is 23.1 Å². The lowest BCUT2D eigenvalue weighted by Gasteiger charge is -2.11. The average molecular weight is 443 g/mol. The van der Waals surface area contributed by atoms with E-state index in [9.17, 15) is 4.79 Å². The average Bonchev–Trinajstić information content (AvgIpc) is 3.46. The number of aromatic amines is 1. The van der Waals surface area contributed by atoms with Gasteiger partial charge in [-0.25, -0.2) is 0 Å². The smallest absolute Gasteiger partial charge is 0.277 e. The topological polar surface area (TPSA) is 106 Å². The summed E-state index contributed by atoms with van der Waals surface area (Å²) in [4.78, 5) is 12.5. The Morgan fingerprint density at radius 3 is 2.66 bits per heavy atom. The van der Waals surface area contributed by atoms with E-state index in [-0.39, 0.29) is 16.9 Å². The third kappa shape index (κ3) is 4.33. The Balaban J connectivity index is 1.23. The van der Waals surface area contributed by atoms with E-state index in [4.69, 9.17) is 9.15 Å². The fourth-order valence-electron chi connectivity index (χ4n) is 3.08. The first-order valence-corrected chi connectivity index (χ1v) is 10.8. The number of amides is 1. The molecular formula is C23H17N5O3S. The molecule has 0 saturated carbocycles. The molecule has 0 atom stereocenters.